The number of nitrogens with zero attached hydrogens (tertiary/aromatic N) is 3. The van der Waals surface area contributed by atoms with Crippen LogP contribution in [-0.4, -0.2) is 19.9 Å². The van der Waals surface area contributed by atoms with Crippen LogP contribution in [0, 0.1) is 5.92 Å². The fourth-order valence-corrected chi connectivity index (χ4v) is 1.71. The zero-order chi connectivity index (χ0) is 8.77. The minimum atomic E-state index is -0.717. The molecule has 1 aliphatic carbocycles. The summed E-state index contributed by atoms with van der Waals surface area (Å²) in [6, 6.07) is 0. The van der Waals surface area contributed by atoms with Crippen LogP contribution in [0.2, 0.25) is 0 Å². The monoisotopic (exact) mass is 167 g/mol. The number of hydrogen-bond acceptors (Lipinski definition) is 3. The lowest BCUT2D eigenvalue weighted by Gasteiger charge is -2.42. The maximum atomic E-state index is 10.1. The third kappa shape index (κ3) is 0.813. The van der Waals surface area contributed by atoms with Crippen molar-refractivity contribution in [2.75, 3.05) is 0 Å². The van der Waals surface area contributed by atoms with Crippen LogP contribution in [0.4, 0.5) is 0 Å². The standard InChI is InChI=1S/C8H13N3O/c1-6-3-4-8(6,12)7-10-9-5-11(7)2/h5-6,12H,3-4H2,1-2H3. The predicted molar refractivity (Wildman–Crippen MR) is 43.3 cm³/mol. The average molecular weight is 167 g/mol. The van der Waals surface area contributed by atoms with Gasteiger partial charge in [-0.25, -0.2) is 0 Å². The van der Waals surface area contributed by atoms with Crippen LogP contribution in [0.15, 0.2) is 6.33 Å². The van der Waals surface area contributed by atoms with Crippen molar-refractivity contribution in [1.29, 1.82) is 0 Å². The summed E-state index contributed by atoms with van der Waals surface area (Å²) in [5, 5.41) is 17.8. The van der Waals surface area contributed by atoms with Crippen LogP contribution in [0.3, 0.4) is 0 Å². The van der Waals surface area contributed by atoms with Gasteiger partial charge in [0.05, 0.1) is 0 Å². The first kappa shape index (κ1) is 7.73. The van der Waals surface area contributed by atoms with Gasteiger partial charge < -0.3 is 9.67 Å². The predicted octanol–water partition coefficient (Wildman–Crippen LogP) is 0.433. The van der Waals surface area contributed by atoms with E-state index in [0.29, 0.717) is 11.7 Å². The summed E-state index contributed by atoms with van der Waals surface area (Å²) in [5.74, 6) is 1.00. The van der Waals surface area contributed by atoms with Gasteiger partial charge in [-0.15, -0.1) is 10.2 Å². The van der Waals surface area contributed by atoms with Crippen LogP contribution in [-0.2, 0) is 12.6 Å². The Morgan fingerprint density at radius 3 is 2.83 bits per heavy atom. The summed E-state index contributed by atoms with van der Waals surface area (Å²) in [4.78, 5) is 0. The van der Waals surface area contributed by atoms with Crippen molar-refractivity contribution in [3.8, 4) is 0 Å². The normalized spacial score (nSPS) is 34.8. The van der Waals surface area contributed by atoms with Crippen molar-refractivity contribution in [3.63, 3.8) is 0 Å². The van der Waals surface area contributed by atoms with E-state index < -0.39 is 5.60 Å². The molecule has 1 aliphatic rings. The zero-order valence-corrected chi connectivity index (χ0v) is 7.36. The molecule has 2 atom stereocenters. The molecule has 1 aromatic rings. The second-order valence-corrected chi connectivity index (χ2v) is 3.63. The van der Waals surface area contributed by atoms with E-state index in [4.69, 9.17) is 0 Å². The van der Waals surface area contributed by atoms with Crippen molar-refractivity contribution in [2.24, 2.45) is 13.0 Å². The molecule has 0 saturated heterocycles. The van der Waals surface area contributed by atoms with E-state index in [0.717, 1.165) is 12.8 Å². The quantitative estimate of drug-likeness (QED) is 0.660. The second kappa shape index (κ2) is 2.29. The first-order valence-corrected chi connectivity index (χ1v) is 4.21. The van der Waals surface area contributed by atoms with Gasteiger partial charge in [0.25, 0.3) is 0 Å². The molecular formula is C8H13N3O. The lowest BCUT2D eigenvalue weighted by atomic mass is 9.70. The molecule has 0 spiro atoms. The lowest BCUT2D eigenvalue weighted by molar-refractivity contribution is -0.102. The molecule has 1 aromatic heterocycles. The van der Waals surface area contributed by atoms with Gasteiger partial charge in [0, 0.05) is 7.05 Å². The molecule has 1 fully saturated rings. The van der Waals surface area contributed by atoms with E-state index in [-0.39, 0.29) is 0 Å². The molecule has 1 N–H and O–H groups in total. The van der Waals surface area contributed by atoms with Gasteiger partial charge in [0.1, 0.15) is 11.9 Å². The molecule has 4 nitrogen and oxygen atoms in total. The largest absolute Gasteiger partial charge is 0.382 e. The maximum Gasteiger partial charge on any atom is 0.164 e. The molecule has 1 saturated carbocycles. The summed E-state index contributed by atoms with van der Waals surface area (Å²) in [6.07, 6.45) is 3.50. The molecule has 66 valence electrons. The van der Waals surface area contributed by atoms with Gasteiger partial charge >= 0.3 is 0 Å². The number of aromatic nitrogens is 3. The number of hydrogen-bond donors (Lipinski definition) is 1. The molecule has 12 heavy (non-hydrogen) atoms. The van der Waals surface area contributed by atoms with Gasteiger partial charge in [0.2, 0.25) is 0 Å². The minimum Gasteiger partial charge on any atom is -0.382 e. The van der Waals surface area contributed by atoms with Crippen LogP contribution in [0.5, 0.6) is 0 Å². The molecule has 2 rings (SSSR count). The van der Waals surface area contributed by atoms with Crippen molar-refractivity contribution >= 4 is 0 Å². The van der Waals surface area contributed by atoms with Crippen molar-refractivity contribution in [3.05, 3.63) is 12.2 Å². The van der Waals surface area contributed by atoms with Gasteiger partial charge in [-0.3, -0.25) is 0 Å². The maximum absolute atomic E-state index is 10.1. The van der Waals surface area contributed by atoms with Gasteiger partial charge in [-0.1, -0.05) is 6.92 Å². The molecule has 0 aliphatic heterocycles. The highest BCUT2D eigenvalue weighted by molar-refractivity contribution is 5.09. The smallest absolute Gasteiger partial charge is 0.164 e. The van der Waals surface area contributed by atoms with Crippen LogP contribution < -0.4 is 0 Å². The molecule has 0 radical (unpaired) electrons. The fourth-order valence-electron chi connectivity index (χ4n) is 1.71. The van der Waals surface area contributed by atoms with Crippen LogP contribution in [0.25, 0.3) is 0 Å². The first-order valence-electron chi connectivity index (χ1n) is 4.21. The van der Waals surface area contributed by atoms with Crippen molar-refractivity contribution in [2.45, 2.75) is 25.4 Å². The van der Waals surface area contributed by atoms with Gasteiger partial charge in [-0.05, 0) is 18.8 Å². The second-order valence-electron chi connectivity index (χ2n) is 3.63. The first-order chi connectivity index (χ1) is 5.64. The summed E-state index contributed by atoms with van der Waals surface area (Å²) in [6.45, 7) is 2.04. The Bertz CT molecular complexity index is 296. The van der Waals surface area contributed by atoms with E-state index in [1.54, 1.807) is 10.9 Å². The molecule has 2 unspecified atom stereocenters. The van der Waals surface area contributed by atoms with Gasteiger partial charge in [-0.2, -0.15) is 0 Å². The summed E-state index contributed by atoms with van der Waals surface area (Å²) >= 11 is 0. The van der Waals surface area contributed by atoms with E-state index in [2.05, 4.69) is 10.2 Å². The molecule has 0 aromatic carbocycles. The minimum absolute atomic E-state index is 0.306. The highest BCUT2D eigenvalue weighted by Crippen LogP contribution is 2.44. The van der Waals surface area contributed by atoms with Crippen LogP contribution in [0.1, 0.15) is 25.6 Å². The third-order valence-electron chi connectivity index (χ3n) is 2.87. The van der Waals surface area contributed by atoms with E-state index >= 15 is 0 Å². The van der Waals surface area contributed by atoms with Crippen molar-refractivity contribution < 1.29 is 5.11 Å². The summed E-state index contributed by atoms with van der Waals surface area (Å²) in [5.41, 5.74) is -0.717. The lowest BCUT2D eigenvalue weighted by Crippen LogP contribution is -2.44. The SMILES string of the molecule is CC1CCC1(O)c1nncn1C. The zero-order valence-electron chi connectivity index (χ0n) is 7.36. The molecular weight excluding hydrogens is 154 g/mol. The van der Waals surface area contributed by atoms with Crippen LogP contribution >= 0.6 is 0 Å². The molecule has 4 heteroatoms. The van der Waals surface area contributed by atoms with E-state index in [9.17, 15) is 5.11 Å². The number of rotatable bonds is 1. The van der Waals surface area contributed by atoms with Gasteiger partial charge in [0.15, 0.2) is 5.82 Å². The Hall–Kier alpha value is -0.900. The molecule has 0 bridgehead atoms. The Kier molecular flexibility index (Phi) is 1.48. The van der Waals surface area contributed by atoms with Crippen molar-refractivity contribution in [1.82, 2.24) is 14.8 Å². The molecule has 0 amide bonds. The summed E-state index contributed by atoms with van der Waals surface area (Å²) in [7, 11) is 1.86. The Morgan fingerprint density at radius 1 is 1.75 bits per heavy atom. The van der Waals surface area contributed by atoms with E-state index in [1.807, 2.05) is 14.0 Å². The fraction of sp³-hybridized carbons (Fsp3) is 0.750. The Labute approximate surface area is 71.2 Å². The summed E-state index contributed by atoms with van der Waals surface area (Å²) < 4.78 is 1.79. The number of aliphatic hydroxyl groups is 1. The van der Waals surface area contributed by atoms with E-state index in [1.165, 1.54) is 0 Å². The topological polar surface area (TPSA) is 50.9 Å². The highest BCUT2D eigenvalue weighted by atomic mass is 16.3. The number of aryl methyl sites for hydroxylation is 1. The Balaban J connectivity index is 2.36. The Morgan fingerprint density at radius 2 is 2.50 bits per heavy atom. The third-order valence-corrected chi connectivity index (χ3v) is 2.87. The average Bonchev–Trinajstić information content (AvgIpc) is 2.47. The highest BCUT2D eigenvalue weighted by Gasteiger charge is 2.46. The molecule has 1 heterocycles.